The zero-order valence-corrected chi connectivity index (χ0v) is 7.24. The number of carbonyl (C=O) groups excluding carboxylic acids is 1. The van der Waals surface area contributed by atoms with Crippen LogP contribution >= 0.6 is 0 Å². The fraction of sp³-hybridized carbons (Fsp3) is 0.222. The fourth-order valence-corrected chi connectivity index (χ4v) is 0.708. The van der Waals surface area contributed by atoms with Crippen LogP contribution in [-0.2, 0) is 0 Å². The van der Waals surface area contributed by atoms with E-state index in [1.807, 2.05) is 0 Å². The molecular weight excluding hydrogens is 166 g/mol. The number of nitrogens with one attached hydrogen (secondary N) is 1. The molecule has 0 atom stereocenters. The molecule has 0 aliphatic heterocycles. The lowest BCUT2D eigenvalue weighted by molar-refractivity contribution is 0.0948. The van der Waals surface area contributed by atoms with Gasteiger partial charge >= 0.3 is 0 Å². The van der Waals surface area contributed by atoms with Crippen molar-refractivity contribution in [3.63, 3.8) is 0 Å². The number of hydrogen-bond donors (Lipinski definition) is 1. The van der Waals surface area contributed by atoms with E-state index in [0.29, 0.717) is 6.54 Å². The summed E-state index contributed by atoms with van der Waals surface area (Å²) in [5.41, 5.74) is 0. The van der Waals surface area contributed by atoms with Crippen molar-refractivity contribution in [3.05, 3.63) is 24.3 Å². The molecule has 1 rings (SSSR count). The standard InChI is InChI=1S/C9H9N3O/c1-2-3-5-12-9(13)8-10-6-4-7-11-8/h4,6-7H,5H2,1H3,(H,12,13). The Morgan fingerprint density at radius 1 is 1.54 bits per heavy atom. The summed E-state index contributed by atoms with van der Waals surface area (Å²) in [6.45, 7) is 2.04. The van der Waals surface area contributed by atoms with E-state index in [2.05, 4.69) is 27.1 Å². The third-order valence-corrected chi connectivity index (χ3v) is 1.28. The van der Waals surface area contributed by atoms with Crippen LogP contribution in [0.25, 0.3) is 0 Å². The highest BCUT2D eigenvalue weighted by Crippen LogP contribution is 1.85. The largest absolute Gasteiger partial charge is 0.338 e. The van der Waals surface area contributed by atoms with Crippen LogP contribution in [0.5, 0.6) is 0 Å². The first-order valence-corrected chi connectivity index (χ1v) is 3.79. The molecule has 13 heavy (non-hydrogen) atoms. The molecule has 0 aliphatic carbocycles. The minimum Gasteiger partial charge on any atom is -0.338 e. The van der Waals surface area contributed by atoms with Gasteiger partial charge in [-0.2, -0.15) is 0 Å². The van der Waals surface area contributed by atoms with E-state index in [0.717, 1.165) is 0 Å². The normalized spacial score (nSPS) is 8.38. The summed E-state index contributed by atoms with van der Waals surface area (Å²) in [5.74, 6) is 5.24. The SMILES string of the molecule is CC#CCNC(=O)c1ncccn1. The number of carbonyl (C=O) groups is 1. The molecule has 66 valence electrons. The first-order chi connectivity index (χ1) is 6.34. The van der Waals surface area contributed by atoms with Crippen molar-refractivity contribution < 1.29 is 4.79 Å². The molecule has 0 bridgehead atoms. The highest BCUT2D eigenvalue weighted by molar-refractivity contribution is 5.90. The van der Waals surface area contributed by atoms with Crippen molar-refractivity contribution in [1.82, 2.24) is 15.3 Å². The average Bonchev–Trinajstić information content (AvgIpc) is 2.19. The van der Waals surface area contributed by atoms with Gasteiger partial charge in [-0.15, -0.1) is 5.92 Å². The summed E-state index contributed by atoms with van der Waals surface area (Å²) in [5, 5.41) is 2.56. The topological polar surface area (TPSA) is 54.9 Å². The molecule has 1 heterocycles. The van der Waals surface area contributed by atoms with Gasteiger partial charge < -0.3 is 5.32 Å². The summed E-state index contributed by atoms with van der Waals surface area (Å²) < 4.78 is 0. The maximum atomic E-state index is 11.2. The van der Waals surface area contributed by atoms with Gasteiger partial charge in [0.1, 0.15) is 0 Å². The molecule has 0 saturated carbocycles. The summed E-state index contributed by atoms with van der Waals surface area (Å²) >= 11 is 0. The number of rotatable bonds is 2. The van der Waals surface area contributed by atoms with Gasteiger partial charge in [0.15, 0.2) is 0 Å². The summed E-state index contributed by atoms with van der Waals surface area (Å²) in [7, 11) is 0. The Hall–Kier alpha value is -1.89. The lowest BCUT2D eigenvalue weighted by Crippen LogP contribution is -2.25. The van der Waals surface area contributed by atoms with Crippen molar-refractivity contribution in [2.24, 2.45) is 0 Å². The summed E-state index contributed by atoms with van der Waals surface area (Å²) in [6, 6.07) is 1.66. The molecule has 0 fully saturated rings. The fourth-order valence-electron chi connectivity index (χ4n) is 0.708. The summed E-state index contributed by atoms with van der Waals surface area (Å²) in [6.07, 6.45) is 3.04. The Bertz CT molecular complexity index is 337. The van der Waals surface area contributed by atoms with E-state index in [1.165, 1.54) is 12.4 Å². The molecule has 4 heteroatoms. The first-order valence-electron chi connectivity index (χ1n) is 3.79. The molecule has 1 aromatic heterocycles. The Morgan fingerprint density at radius 2 is 2.23 bits per heavy atom. The van der Waals surface area contributed by atoms with Gasteiger partial charge in [-0.05, 0) is 13.0 Å². The van der Waals surface area contributed by atoms with Crippen LogP contribution in [-0.4, -0.2) is 22.4 Å². The molecule has 4 nitrogen and oxygen atoms in total. The number of amides is 1. The third-order valence-electron chi connectivity index (χ3n) is 1.28. The van der Waals surface area contributed by atoms with Crippen molar-refractivity contribution in [2.75, 3.05) is 6.54 Å². The first kappa shape index (κ1) is 9.20. The summed E-state index contributed by atoms with van der Waals surface area (Å²) in [4.78, 5) is 18.8. The van der Waals surface area contributed by atoms with Crippen LogP contribution in [0.4, 0.5) is 0 Å². The second-order valence-corrected chi connectivity index (χ2v) is 2.18. The predicted octanol–water partition coefficient (Wildman–Crippen LogP) is 0.230. The second-order valence-electron chi connectivity index (χ2n) is 2.18. The van der Waals surface area contributed by atoms with E-state index >= 15 is 0 Å². The Balaban J connectivity index is 2.53. The van der Waals surface area contributed by atoms with Crippen LogP contribution < -0.4 is 5.32 Å². The van der Waals surface area contributed by atoms with Crippen LogP contribution in [0.1, 0.15) is 17.5 Å². The Labute approximate surface area is 76.4 Å². The highest BCUT2D eigenvalue weighted by atomic mass is 16.2. The predicted molar refractivity (Wildman–Crippen MR) is 47.8 cm³/mol. The molecule has 0 unspecified atom stereocenters. The molecule has 1 N–H and O–H groups in total. The van der Waals surface area contributed by atoms with Gasteiger partial charge in [-0.1, -0.05) is 5.92 Å². The quantitative estimate of drug-likeness (QED) is 0.654. The lowest BCUT2D eigenvalue weighted by Gasteiger charge is -1.97. The van der Waals surface area contributed by atoms with Gasteiger partial charge in [0.05, 0.1) is 6.54 Å². The van der Waals surface area contributed by atoms with Crippen molar-refractivity contribution in [1.29, 1.82) is 0 Å². The monoisotopic (exact) mass is 175 g/mol. The van der Waals surface area contributed by atoms with E-state index in [-0.39, 0.29) is 11.7 Å². The van der Waals surface area contributed by atoms with Crippen LogP contribution in [0.3, 0.4) is 0 Å². The van der Waals surface area contributed by atoms with E-state index < -0.39 is 0 Å². The molecule has 0 saturated heterocycles. The Kier molecular flexibility index (Phi) is 3.45. The minimum absolute atomic E-state index is 0.167. The van der Waals surface area contributed by atoms with Gasteiger partial charge in [-0.25, -0.2) is 9.97 Å². The van der Waals surface area contributed by atoms with E-state index in [1.54, 1.807) is 13.0 Å². The van der Waals surface area contributed by atoms with E-state index in [4.69, 9.17) is 0 Å². The van der Waals surface area contributed by atoms with Gasteiger partial charge in [-0.3, -0.25) is 4.79 Å². The zero-order valence-electron chi connectivity index (χ0n) is 7.24. The second kappa shape index (κ2) is 4.88. The van der Waals surface area contributed by atoms with Crippen molar-refractivity contribution in [3.8, 4) is 11.8 Å². The maximum absolute atomic E-state index is 11.2. The average molecular weight is 175 g/mol. The van der Waals surface area contributed by atoms with Gasteiger partial charge in [0.25, 0.3) is 5.91 Å². The zero-order chi connectivity index (χ0) is 9.52. The molecule has 0 aliphatic rings. The van der Waals surface area contributed by atoms with Gasteiger partial charge in [0, 0.05) is 12.4 Å². The third kappa shape index (κ3) is 2.91. The van der Waals surface area contributed by atoms with Crippen LogP contribution in [0.2, 0.25) is 0 Å². The van der Waals surface area contributed by atoms with Crippen molar-refractivity contribution in [2.45, 2.75) is 6.92 Å². The molecule has 1 amide bonds. The highest BCUT2D eigenvalue weighted by Gasteiger charge is 2.04. The lowest BCUT2D eigenvalue weighted by atomic mass is 10.5. The molecule has 0 radical (unpaired) electrons. The number of aromatic nitrogens is 2. The maximum Gasteiger partial charge on any atom is 0.289 e. The minimum atomic E-state index is -0.302. The molecule has 0 spiro atoms. The van der Waals surface area contributed by atoms with Crippen LogP contribution in [0.15, 0.2) is 18.5 Å². The molecule has 1 aromatic rings. The van der Waals surface area contributed by atoms with Gasteiger partial charge in [0.2, 0.25) is 5.82 Å². The van der Waals surface area contributed by atoms with Crippen LogP contribution in [0, 0.1) is 11.8 Å². The number of nitrogens with zero attached hydrogens (tertiary/aromatic N) is 2. The van der Waals surface area contributed by atoms with E-state index in [9.17, 15) is 4.79 Å². The molecule has 0 aromatic carbocycles. The number of hydrogen-bond acceptors (Lipinski definition) is 3. The van der Waals surface area contributed by atoms with Crippen molar-refractivity contribution >= 4 is 5.91 Å². The smallest absolute Gasteiger partial charge is 0.289 e. The Morgan fingerprint density at radius 3 is 2.85 bits per heavy atom. The molecular formula is C9H9N3O.